The van der Waals surface area contributed by atoms with Crippen molar-refractivity contribution in [1.82, 2.24) is 25.7 Å². The maximum atomic E-state index is 14.9. The number of nitrogens with one attached hydrogen (secondary N) is 3. The number of hydroxylamine groups is 2. The molecule has 3 aromatic rings. The monoisotopic (exact) mass is 521 g/mol. The van der Waals surface area contributed by atoms with Crippen LogP contribution in [0.25, 0.3) is 11.3 Å². The first-order chi connectivity index (χ1) is 18.4. The summed E-state index contributed by atoms with van der Waals surface area (Å²) in [5, 5.41) is 22.9. The van der Waals surface area contributed by atoms with Crippen molar-refractivity contribution in [3.8, 4) is 11.3 Å². The summed E-state index contributed by atoms with van der Waals surface area (Å²) in [5.74, 6) is -0.979. The molecule has 1 aliphatic heterocycles. The van der Waals surface area contributed by atoms with Crippen molar-refractivity contribution in [3.05, 3.63) is 81.2 Å². The number of rotatable bonds is 9. The van der Waals surface area contributed by atoms with Gasteiger partial charge in [0.05, 0.1) is 17.4 Å². The lowest BCUT2D eigenvalue weighted by Crippen LogP contribution is -2.34. The highest BCUT2D eigenvalue weighted by atomic mass is 19.1. The summed E-state index contributed by atoms with van der Waals surface area (Å²) in [5.41, 5.74) is 3.21. The molecule has 1 saturated carbocycles. The van der Waals surface area contributed by atoms with Gasteiger partial charge in [-0.25, -0.2) is 18.7 Å². The van der Waals surface area contributed by atoms with E-state index in [2.05, 4.69) is 20.9 Å². The van der Waals surface area contributed by atoms with Gasteiger partial charge in [0.1, 0.15) is 11.6 Å². The zero-order chi connectivity index (χ0) is 26.8. The topological polar surface area (TPSA) is 105 Å². The second-order valence-electron chi connectivity index (χ2n) is 9.90. The van der Waals surface area contributed by atoms with E-state index in [4.69, 9.17) is 4.98 Å². The minimum absolute atomic E-state index is 0.0228. The van der Waals surface area contributed by atoms with E-state index in [-0.39, 0.29) is 29.7 Å². The molecule has 1 fully saturated rings. The Balaban J connectivity index is 1.63. The van der Waals surface area contributed by atoms with Crippen molar-refractivity contribution < 1.29 is 13.6 Å². The summed E-state index contributed by atoms with van der Waals surface area (Å²) in [4.78, 5) is 22.2. The Bertz CT molecular complexity index is 1330. The maximum Gasteiger partial charge on any atom is 0.251 e. The van der Waals surface area contributed by atoms with E-state index in [1.165, 1.54) is 6.07 Å². The van der Waals surface area contributed by atoms with E-state index in [1.807, 2.05) is 20.0 Å². The lowest BCUT2D eigenvalue weighted by Gasteiger charge is -2.42. The molecule has 200 valence electrons. The predicted octanol–water partition coefficient (Wildman–Crippen LogP) is 3.95. The average molecular weight is 522 g/mol. The first-order valence-corrected chi connectivity index (χ1v) is 12.9. The minimum Gasteiger partial charge on any atom is -0.784 e. The third kappa shape index (κ3) is 5.38. The molecule has 1 aliphatic carbocycles. The van der Waals surface area contributed by atoms with Gasteiger partial charge >= 0.3 is 0 Å². The summed E-state index contributed by atoms with van der Waals surface area (Å²) < 4.78 is 29.8. The van der Waals surface area contributed by atoms with Crippen LogP contribution in [0, 0.1) is 29.7 Å². The molecule has 5 rings (SSSR count). The number of carbonyl (C=O) groups excluding carboxylic acids is 1. The van der Waals surface area contributed by atoms with Gasteiger partial charge in [-0.05, 0) is 75.5 Å². The fraction of sp³-hybridized carbons (Fsp3) is 0.393. The smallest absolute Gasteiger partial charge is 0.251 e. The highest BCUT2D eigenvalue weighted by Gasteiger charge is 2.33. The number of anilines is 1. The molecule has 1 unspecified atom stereocenters. The number of carbonyl (C=O) groups is 1. The average Bonchev–Trinajstić information content (AvgIpc) is 3.73. The molecule has 1 atom stereocenters. The Morgan fingerprint density at radius 3 is 2.61 bits per heavy atom. The van der Waals surface area contributed by atoms with Gasteiger partial charge in [-0.3, -0.25) is 4.79 Å². The van der Waals surface area contributed by atoms with Crippen LogP contribution in [0.3, 0.4) is 0 Å². The van der Waals surface area contributed by atoms with Gasteiger partial charge < -0.3 is 26.2 Å². The SMILES string of the molecule is CNCCNc1nc(-c2cc(C(=O)NCC3CC3)ccc2C)c2c(n1)C(c1c(F)cccc1F)N([O-])CC2. The summed E-state index contributed by atoms with van der Waals surface area (Å²) in [6, 6.07) is 7.72. The van der Waals surface area contributed by atoms with Crippen LogP contribution >= 0.6 is 0 Å². The fourth-order valence-corrected chi connectivity index (χ4v) is 4.79. The van der Waals surface area contributed by atoms with Crippen molar-refractivity contribution in [2.24, 2.45) is 5.92 Å². The first kappa shape index (κ1) is 26.1. The number of benzene rings is 2. The molecule has 3 N–H and O–H groups in total. The summed E-state index contributed by atoms with van der Waals surface area (Å²) in [6.45, 7) is 3.72. The molecule has 8 nitrogen and oxygen atoms in total. The number of fused-ring (bicyclic) bond motifs is 1. The van der Waals surface area contributed by atoms with Gasteiger partial charge in [-0.1, -0.05) is 12.1 Å². The molecule has 0 bridgehead atoms. The third-order valence-electron chi connectivity index (χ3n) is 7.10. The van der Waals surface area contributed by atoms with E-state index in [0.717, 1.165) is 30.5 Å². The normalized spacial score (nSPS) is 17.2. The standard InChI is InChI=1S/C28H31F2N6O2/c1-16-6-9-18(27(37)33-15-17-7-8-17)14-20(16)24-19-10-13-36(38)26(23-21(29)4-3-5-22(23)30)25(19)35-28(34-24)32-12-11-31-2/h3-6,9,14,17,26,31H,7-8,10-13,15H2,1-2H3,(H,33,37)(H,32,34,35)/q-1. The van der Waals surface area contributed by atoms with Crippen LogP contribution in [0.15, 0.2) is 36.4 Å². The van der Waals surface area contributed by atoms with Crippen LogP contribution in [0.5, 0.6) is 0 Å². The van der Waals surface area contributed by atoms with Crippen molar-refractivity contribution in [1.29, 1.82) is 0 Å². The molecule has 1 amide bonds. The van der Waals surface area contributed by atoms with Gasteiger partial charge in [-0.2, -0.15) is 0 Å². The third-order valence-corrected chi connectivity index (χ3v) is 7.10. The van der Waals surface area contributed by atoms with Crippen LogP contribution < -0.4 is 16.0 Å². The number of hydrogen-bond acceptors (Lipinski definition) is 7. The number of nitrogens with zero attached hydrogens (tertiary/aromatic N) is 3. The second kappa shape index (κ2) is 11.1. The number of amides is 1. The van der Waals surface area contributed by atoms with E-state index < -0.39 is 17.7 Å². The number of aromatic nitrogens is 2. The number of halogens is 2. The highest BCUT2D eigenvalue weighted by molar-refractivity contribution is 5.95. The molecule has 2 aliphatic rings. The van der Waals surface area contributed by atoms with Gasteiger partial charge in [0.15, 0.2) is 0 Å². The molecule has 38 heavy (non-hydrogen) atoms. The van der Waals surface area contributed by atoms with Crippen LogP contribution in [0.1, 0.15) is 51.6 Å². The Morgan fingerprint density at radius 2 is 1.89 bits per heavy atom. The molecular formula is C28H31F2N6O2-. The van der Waals surface area contributed by atoms with Crippen molar-refractivity contribution in [3.63, 3.8) is 0 Å². The van der Waals surface area contributed by atoms with Crippen molar-refractivity contribution >= 4 is 11.9 Å². The summed E-state index contributed by atoms with van der Waals surface area (Å²) in [7, 11) is 1.82. The Morgan fingerprint density at radius 1 is 1.13 bits per heavy atom. The fourth-order valence-electron chi connectivity index (χ4n) is 4.79. The van der Waals surface area contributed by atoms with E-state index in [1.54, 1.807) is 12.1 Å². The number of aryl methyl sites for hydroxylation is 1. The van der Waals surface area contributed by atoms with Gasteiger partial charge in [0.2, 0.25) is 5.95 Å². The molecular weight excluding hydrogens is 490 g/mol. The number of hydrogen-bond donors (Lipinski definition) is 3. The van der Waals surface area contributed by atoms with E-state index in [0.29, 0.717) is 59.4 Å². The van der Waals surface area contributed by atoms with E-state index in [9.17, 15) is 18.8 Å². The zero-order valence-corrected chi connectivity index (χ0v) is 21.5. The molecule has 1 aromatic heterocycles. The maximum absolute atomic E-state index is 14.9. The molecule has 0 spiro atoms. The van der Waals surface area contributed by atoms with Gasteiger partial charge in [0, 0.05) is 41.9 Å². The first-order valence-electron chi connectivity index (χ1n) is 12.9. The van der Waals surface area contributed by atoms with Crippen molar-refractivity contribution in [2.75, 3.05) is 38.5 Å². The Labute approximate surface area is 220 Å². The summed E-state index contributed by atoms with van der Waals surface area (Å²) >= 11 is 0. The second-order valence-corrected chi connectivity index (χ2v) is 9.90. The quantitative estimate of drug-likeness (QED) is 0.366. The van der Waals surface area contributed by atoms with Crippen LogP contribution in [-0.4, -0.2) is 54.2 Å². The predicted molar refractivity (Wildman–Crippen MR) is 142 cm³/mol. The zero-order valence-electron chi connectivity index (χ0n) is 21.5. The van der Waals surface area contributed by atoms with Gasteiger partial charge in [0.25, 0.3) is 5.91 Å². The van der Waals surface area contributed by atoms with Crippen molar-refractivity contribution in [2.45, 2.75) is 32.2 Å². The Kier molecular flexibility index (Phi) is 7.64. The largest absolute Gasteiger partial charge is 0.784 e. The molecule has 2 aromatic carbocycles. The molecule has 10 heteroatoms. The minimum atomic E-state index is -1.27. The van der Waals surface area contributed by atoms with Crippen LogP contribution in [0.4, 0.5) is 14.7 Å². The van der Waals surface area contributed by atoms with Crippen LogP contribution in [-0.2, 0) is 6.42 Å². The van der Waals surface area contributed by atoms with Crippen LogP contribution in [0.2, 0.25) is 0 Å². The lowest BCUT2D eigenvalue weighted by molar-refractivity contribution is 0.0952. The molecule has 0 radical (unpaired) electrons. The lowest BCUT2D eigenvalue weighted by atomic mass is 9.89. The number of likely N-dealkylation sites (N-methyl/N-ethyl adjacent to an activating group) is 1. The van der Waals surface area contributed by atoms with E-state index >= 15 is 0 Å². The molecule has 0 saturated heterocycles. The summed E-state index contributed by atoms with van der Waals surface area (Å²) in [6.07, 6.45) is 2.57. The Hall–Kier alpha value is -3.47. The molecule has 2 heterocycles. The highest BCUT2D eigenvalue weighted by Crippen LogP contribution is 2.40. The van der Waals surface area contributed by atoms with Gasteiger partial charge in [-0.15, -0.1) is 0 Å².